The van der Waals surface area contributed by atoms with Crippen LogP contribution in [-0.4, -0.2) is 13.1 Å². The van der Waals surface area contributed by atoms with Crippen LogP contribution < -0.4 is 5.32 Å². The van der Waals surface area contributed by atoms with Crippen molar-refractivity contribution in [3.63, 3.8) is 0 Å². The summed E-state index contributed by atoms with van der Waals surface area (Å²) < 4.78 is 25.8. The zero-order valence-corrected chi connectivity index (χ0v) is 11.0. The molecule has 0 radical (unpaired) electrons. The molecule has 0 fully saturated rings. The number of halogens is 2. The molecule has 17 heavy (non-hydrogen) atoms. The van der Waals surface area contributed by atoms with E-state index in [0.717, 1.165) is 18.4 Å². The van der Waals surface area contributed by atoms with Crippen LogP contribution in [0.2, 0.25) is 0 Å². The average molecular weight is 241 g/mol. The molecule has 0 heterocycles. The Hall–Kier alpha value is -0.960. The van der Waals surface area contributed by atoms with Crippen molar-refractivity contribution in [3.8, 4) is 0 Å². The van der Waals surface area contributed by atoms with Gasteiger partial charge in [-0.3, -0.25) is 0 Å². The molecule has 1 N–H and O–H groups in total. The predicted molar refractivity (Wildman–Crippen MR) is 67.0 cm³/mol. The Labute approximate surface area is 102 Å². The van der Waals surface area contributed by atoms with Crippen LogP contribution in [0.25, 0.3) is 0 Å². The molecule has 1 nitrogen and oxygen atoms in total. The number of nitrogens with one attached hydrogen (secondary N) is 1. The third kappa shape index (κ3) is 4.08. The summed E-state index contributed by atoms with van der Waals surface area (Å²) in [6.45, 7) is 6.50. The molecule has 0 aliphatic carbocycles. The van der Waals surface area contributed by atoms with E-state index in [1.54, 1.807) is 6.07 Å². The van der Waals surface area contributed by atoms with Gasteiger partial charge in [0.05, 0.1) is 0 Å². The fourth-order valence-corrected chi connectivity index (χ4v) is 2.02. The maximum absolute atomic E-state index is 13.0. The quantitative estimate of drug-likeness (QED) is 0.850. The summed E-state index contributed by atoms with van der Waals surface area (Å²) in [5, 5.41) is 3.27. The molecule has 1 aromatic carbocycles. The van der Waals surface area contributed by atoms with Crippen molar-refractivity contribution in [1.29, 1.82) is 0 Å². The van der Waals surface area contributed by atoms with E-state index in [1.807, 2.05) is 7.05 Å². The van der Waals surface area contributed by atoms with Gasteiger partial charge in [0, 0.05) is 6.04 Å². The van der Waals surface area contributed by atoms with Crippen LogP contribution in [0.15, 0.2) is 18.2 Å². The van der Waals surface area contributed by atoms with Gasteiger partial charge < -0.3 is 5.32 Å². The molecule has 96 valence electrons. The summed E-state index contributed by atoms with van der Waals surface area (Å²) in [5.74, 6) is -1.55. The minimum Gasteiger partial charge on any atom is -0.316 e. The third-order valence-electron chi connectivity index (χ3n) is 3.10. The van der Waals surface area contributed by atoms with Crippen LogP contribution >= 0.6 is 0 Å². The minimum absolute atomic E-state index is 0.160. The highest BCUT2D eigenvalue weighted by atomic mass is 19.2. The van der Waals surface area contributed by atoms with Gasteiger partial charge in [0.15, 0.2) is 11.6 Å². The van der Waals surface area contributed by atoms with Crippen molar-refractivity contribution >= 4 is 0 Å². The summed E-state index contributed by atoms with van der Waals surface area (Å²) in [7, 11) is 1.93. The van der Waals surface area contributed by atoms with E-state index in [4.69, 9.17) is 0 Å². The van der Waals surface area contributed by atoms with E-state index in [1.165, 1.54) is 12.1 Å². The fourth-order valence-electron chi connectivity index (χ4n) is 2.02. The lowest BCUT2D eigenvalue weighted by Gasteiger charge is -2.30. The van der Waals surface area contributed by atoms with E-state index in [9.17, 15) is 8.78 Å². The van der Waals surface area contributed by atoms with Crippen molar-refractivity contribution in [3.05, 3.63) is 35.4 Å². The molecule has 0 amide bonds. The zero-order valence-electron chi connectivity index (χ0n) is 11.0. The van der Waals surface area contributed by atoms with E-state index in [2.05, 4.69) is 26.1 Å². The Morgan fingerprint density at radius 1 is 1.18 bits per heavy atom. The standard InChI is InChI=1S/C14H21F2N/c1-14(2,3)13(17-4)8-6-10-5-7-11(15)12(16)9-10/h5,7,9,13,17H,6,8H2,1-4H3. The highest BCUT2D eigenvalue weighted by Gasteiger charge is 2.22. The van der Waals surface area contributed by atoms with Gasteiger partial charge in [0.1, 0.15) is 0 Å². The maximum Gasteiger partial charge on any atom is 0.159 e. The molecule has 0 saturated carbocycles. The van der Waals surface area contributed by atoms with Crippen molar-refractivity contribution in [2.24, 2.45) is 5.41 Å². The van der Waals surface area contributed by atoms with Crippen LogP contribution in [-0.2, 0) is 6.42 Å². The topological polar surface area (TPSA) is 12.0 Å². The molecule has 1 unspecified atom stereocenters. The first kappa shape index (κ1) is 14.1. The van der Waals surface area contributed by atoms with Crippen LogP contribution in [0, 0.1) is 17.0 Å². The van der Waals surface area contributed by atoms with Crippen LogP contribution in [0.3, 0.4) is 0 Å². The smallest absolute Gasteiger partial charge is 0.159 e. The largest absolute Gasteiger partial charge is 0.316 e. The second kappa shape index (κ2) is 5.58. The fraction of sp³-hybridized carbons (Fsp3) is 0.571. The monoisotopic (exact) mass is 241 g/mol. The lowest BCUT2D eigenvalue weighted by Crippen LogP contribution is -2.38. The van der Waals surface area contributed by atoms with Gasteiger partial charge in [-0.1, -0.05) is 26.8 Å². The number of rotatable bonds is 4. The zero-order chi connectivity index (χ0) is 13.1. The van der Waals surface area contributed by atoms with Crippen molar-refractivity contribution < 1.29 is 8.78 Å². The van der Waals surface area contributed by atoms with Gasteiger partial charge >= 0.3 is 0 Å². The Morgan fingerprint density at radius 2 is 1.82 bits per heavy atom. The van der Waals surface area contributed by atoms with E-state index >= 15 is 0 Å². The Bertz CT molecular complexity index is 369. The number of hydrogen-bond acceptors (Lipinski definition) is 1. The van der Waals surface area contributed by atoms with Crippen LogP contribution in [0.5, 0.6) is 0 Å². The highest BCUT2D eigenvalue weighted by molar-refractivity contribution is 5.18. The third-order valence-corrected chi connectivity index (χ3v) is 3.10. The van der Waals surface area contributed by atoms with Crippen molar-refractivity contribution in [1.82, 2.24) is 5.32 Å². The summed E-state index contributed by atoms with van der Waals surface area (Å²) in [5.41, 5.74) is 1.00. The van der Waals surface area contributed by atoms with Gasteiger partial charge in [-0.2, -0.15) is 0 Å². The van der Waals surface area contributed by atoms with E-state index in [-0.39, 0.29) is 5.41 Å². The summed E-state index contributed by atoms with van der Waals surface area (Å²) in [6.07, 6.45) is 1.66. The molecule has 0 aliphatic rings. The van der Waals surface area contributed by atoms with Crippen molar-refractivity contribution in [2.75, 3.05) is 7.05 Å². The Balaban J connectivity index is 2.63. The van der Waals surface area contributed by atoms with Gasteiger partial charge in [0.25, 0.3) is 0 Å². The summed E-state index contributed by atoms with van der Waals surface area (Å²) in [6, 6.07) is 4.48. The first-order chi connectivity index (χ1) is 7.84. The second-order valence-electron chi connectivity index (χ2n) is 5.49. The Morgan fingerprint density at radius 3 is 2.29 bits per heavy atom. The van der Waals surface area contributed by atoms with Gasteiger partial charge in [-0.05, 0) is 43.0 Å². The van der Waals surface area contributed by atoms with Crippen molar-refractivity contribution in [2.45, 2.75) is 39.7 Å². The predicted octanol–water partition coefficient (Wildman–Crippen LogP) is 3.53. The average Bonchev–Trinajstić information content (AvgIpc) is 2.22. The molecule has 0 bridgehead atoms. The molecule has 1 aromatic rings. The molecule has 1 rings (SSSR count). The van der Waals surface area contributed by atoms with Gasteiger partial charge in [-0.25, -0.2) is 8.78 Å². The second-order valence-corrected chi connectivity index (χ2v) is 5.49. The normalized spacial score (nSPS) is 13.8. The van der Waals surface area contributed by atoms with Crippen LogP contribution in [0.1, 0.15) is 32.8 Å². The first-order valence-corrected chi connectivity index (χ1v) is 5.96. The number of aryl methyl sites for hydroxylation is 1. The Kier molecular flexibility index (Phi) is 4.63. The molecule has 1 atom stereocenters. The lowest BCUT2D eigenvalue weighted by molar-refractivity contribution is 0.268. The highest BCUT2D eigenvalue weighted by Crippen LogP contribution is 2.23. The van der Waals surface area contributed by atoms with E-state index < -0.39 is 11.6 Å². The molecular formula is C14H21F2N. The molecule has 0 saturated heterocycles. The first-order valence-electron chi connectivity index (χ1n) is 5.96. The summed E-state index contributed by atoms with van der Waals surface area (Å²) in [4.78, 5) is 0. The van der Waals surface area contributed by atoms with Gasteiger partial charge in [0.2, 0.25) is 0 Å². The maximum atomic E-state index is 13.0. The molecule has 0 aliphatic heterocycles. The molecule has 0 spiro atoms. The van der Waals surface area contributed by atoms with E-state index in [0.29, 0.717) is 6.04 Å². The number of hydrogen-bond donors (Lipinski definition) is 1. The lowest BCUT2D eigenvalue weighted by atomic mass is 9.83. The molecular weight excluding hydrogens is 220 g/mol. The minimum atomic E-state index is -0.783. The van der Waals surface area contributed by atoms with Gasteiger partial charge in [-0.15, -0.1) is 0 Å². The SMILES string of the molecule is CNC(CCc1ccc(F)c(F)c1)C(C)(C)C. The molecule has 3 heteroatoms. The van der Waals surface area contributed by atoms with Crippen LogP contribution in [0.4, 0.5) is 8.78 Å². The number of benzene rings is 1. The molecule has 0 aromatic heterocycles. The summed E-state index contributed by atoms with van der Waals surface area (Å²) >= 11 is 0.